The molecule has 0 spiro atoms. The largest absolute Gasteiger partial charge is 0.494 e. The number of aryl methyl sites for hydroxylation is 2. The SMILES string of the molecule is COc1cc(F)ccc1NC(=O)NC1CCCn2nc(C)nc21. The number of urea groups is 1. The molecule has 1 aromatic carbocycles. The maximum Gasteiger partial charge on any atom is 0.319 e. The number of nitrogens with zero attached hydrogens (tertiary/aromatic N) is 3. The zero-order chi connectivity index (χ0) is 16.4. The molecule has 2 aromatic rings. The highest BCUT2D eigenvalue weighted by molar-refractivity contribution is 5.91. The maximum absolute atomic E-state index is 13.2. The molecule has 2 N–H and O–H groups in total. The fraction of sp³-hybridized carbons (Fsp3) is 0.400. The van der Waals surface area contributed by atoms with Crippen LogP contribution in [-0.4, -0.2) is 27.9 Å². The van der Waals surface area contributed by atoms with E-state index in [1.54, 1.807) is 0 Å². The molecule has 2 heterocycles. The number of halogens is 1. The Kier molecular flexibility index (Phi) is 4.14. The van der Waals surface area contributed by atoms with Crippen LogP contribution in [0.25, 0.3) is 0 Å². The van der Waals surface area contributed by atoms with E-state index < -0.39 is 11.8 Å². The molecule has 1 unspecified atom stereocenters. The van der Waals surface area contributed by atoms with Crippen molar-refractivity contribution in [3.8, 4) is 5.75 Å². The first-order chi connectivity index (χ1) is 11.1. The third kappa shape index (κ3) is 3.25. The van der Waals surface area contributed by atoms with Crippen molar-refractivity contribution in [1.29, 1.82) is 0 Å². The molecule has 7 nitrogen and oxygen atoms in total. The summed E-state index contributed by atoms with van der Waals surface area (Å²) in [6.07, 6.45) is 1.72. The second-order valence-corrected chi connectivity index (χ2v) is 5.38. The molecule has 122 valence electrons. The normalized spacial score (nSPS) is 16.6. The highest BCUT2D eigenvalue weighted by atomic mass is 19.1. The van der Waals surface area contributed by atoms with E-state index >= 15 is 0 Å². The zero-order valence-corrected chi connectivity index (χ0v) is 13.0. The fourth-order valence-electron chi connectivity index (χ4n) is 2.69. The number of rotatable bonds is 3. The van der Waals surface area contributed by atoms with Gasteiger partial charge < -0.3 is 15.4 Å². The number of hydrogen-bond acceptors (Lipinski definition) is 4. The van der Waals surface area contributed by atoms with Crippen molar-refractivity contribution in [2.45, 2.75) is 32.4 Å². The van der Waals surface area contributed by atoms with Crippen LogP contribution in [0, 0.1) is 12.7 Å². The summed E-state index contributed by atoms with van der Waals surface area (Å²) in [5.41, 5.74) is 0.403. The minimum Gasteiger partial charge on any atom is -0.494 e. The summed E-state index contributed by atoms with van der Waals surface area (Å²) in [6, 6.07) is 3.35. The van der Waals surface area contributed by atoms with E-state index in [9.17, 15) is 9.18 Å². The van der Waals surface area contributed by atoms with E-state index in [1.807, 2.05) is 11.6 Å². The van der Waals surface area contributed by atoms with Gasteiger partial charge in [-0.1, -0.05) is 0 Å². The van der Waals surface area contributed by atoms with Gasteiger partial charge in [0.2, 0.25) is 0 Å². The molecule has 0 bridgehead atoms. The number of methoxy groups -OCH3 is 1. The predicted molar refractivity (Wildman–Crippen MR) is 81.8 cm³/mol. The van der Waals surface area contributed by atoms with Gasteiger partial charge in [0, 0.05) is 12.6 Å². The summed E-state index contributed by atoms with van der Waals surface area (Å²) in [7, 11) is 1.42. The Morgan fingerprint density at radius 1 is 1.48 bits per heavy atom. The Morgan fingerprint density at radius 3 is 3.09 bits per heavy atom. The minimum absolute atomic E-state index is 0.198. The Hall–Kier alpha value is -2.64. The van der Waals surface area contributed by atoms with Gasteiger partial charge in [-0.2, -0.15) is 5.10 Å². The molecule has 1 aliphatic rings. The molecule has 0 saturated carbocycles. The summed E-state index contributed by atoms with van der Waals surface area (Å²) in [4.78, 5) is 16.6. The average Bonchev–Trinajstić information content (AvgIpc) is 2.90. The molecule has 0 aliphatic carbocycles. The summed E-state index contributed by atoms with van der Waals surface area (Å²) in [6.45, 7) is 2.63. The van der Waals surface area contributed by atoms with Gasteiger partial charge in [0.15, 0.2) is 0 Å². The van der Waals surface area contributed by atoms with Crippen LogP contribution in [0.5, 0.6) is 5.75 Å². The molecule has 23 heavy (non-hydrogen) atoms. The molecule has 1 atom stereocenters. The fourth-order valence-corrected chi connectivity index (χ4v) is 2.69. The molecule has 0 fully saturated rings. The van der Waals surface area contributed by atoms with Crippen LogP contribution in [-0.2, 0) is 6.54 Å². The summed E-state index contributed by atoms with van der Waals surface area (Å²) in [5, 5.41) is 9.86. The van der Waals surface area contributed by atoms with Crippen molar-refractivity contribution in [3.63, 3.8) is 0 Å². The van der Waals surface area contributed by atoms with E-state index in [0.717, 1.165) is 25.2 Å². The Labute approximate surface area is 132 Å². The molecular formula is C15H18FN5O2. The van der Waals surface area contributed by atoms with Crippen LogP contribution in [0.1, 0.15) is 30.5 Å². The highest BCUT2D eigenvalue weighted by Gasteiger charge is 2.25. The molecule has 1 aliphatic heterocycles. The summed E-state index contributed by atoms with van der Waals surface area (Å²) < 4.78 is 20.1. The number of anilines is 1. The number of aromatic nitrogens is 3. The third-order valence-corrected chi connectivity index (χ3v) is 3.70. The van der Waals surface area contributed by atoms with Gasteiger partial charge in [0.25, 0.3) is 0 Å². The number of ether oxygens (including phenoxy) is 1. The van der Waals surface area contributed by atoms with Crippen molar-refractivity contribution in [3.05, 3.63) is 35.7 Å². The van der Waals surface area contributed by atoms with Gasteiger partial charge in [-0.3, -0.25) is 0 Å². The first-order valence-electron chi connectivity index (χ1n) is 7.39. The van der Waals surface area contributed by atoms with E-state index in [4.69, 9.17) is 4.74 Å². The first kappa shape index (κ1) is 15.3. The quantitative estimate of drug-likeness (QED) is 0.910. The van der Waals surface area contributed by atoms with Crippen LogP contribution < -0.4 is 15.4 Å². The lowest BCUT2D eigenvalue weighted by Crippen LogP contribution is -2.36. The van der Waals surface area contributed by atoms with Crippen molar-refractivity contribution in [2.24, 2.45) is 0 Å². The molecule has 2 amide bonds. The number of fused-ring (bicyclic) bond motifs is 1. The molecule has 8 heteroatoms. The first-order valence-corrected chi connectivity index (χ1v) is 7.39. The lowest BCUT2D eigenvalue weighted by atomic mass is 10.1. The number of hydrogen-bond donors (Lipinski definition) is 2. The Morgan fingerprint density at radius 2 is 2.30 bits per heavy atom. The number of carbonyl (C=O) groups excluding carboxylic acids is 1. The molecule has 3 rings (SSSR count). The molecule has 0 radical (unpaired) electrons. The number of carbonyl (C=O) groups is 1. The second kappa shape index (κ2) is 6.23. The van der Waals surface area contributed by atoms with Gasteiger partial charge in [0.05, 0.1) is 18.8 Å². The van der Waals surface area contributed by atoms with Crippen LogP contribution in [0.3, 0.4) is 0 Å². The van der Waals surface area contributed by atoms with Crippen molar-refractivity contribution in [2.75, 3.05) is 12.4 Å². The van der Waals surface area contributed by atoms with Crippen LogP contribution in [0.2, 0.25) is 0 Å². The number of amides is 2. The van der Waals surface area contributed by atoms with Crippen molar-refractivity contribution < 1.29 is 13.9 Å². The van der Waals surface area contributed by atoms with Crippen LogP contribution in [0.4, 0.5) is 14.9 Å². The summed E-state index contributed by atoms with van der Waals surface area (Å²) >= 11 is 0. The minimum atomic E-state index is -0.427. The molecule has 1 aromatic heterocycles. The van der Waals surface area contributed by atoms with Gasteiger partial charge >= 0.3 is 6.03 Å². The van der Waals surface area contributed by atoms with Gasteiger partial charge in [-0.25, -0.2) is 18.9 Å². The second-order valence-electron chi connectivity index (χ2n) is 5.38. The van der Waals surface area contributed by atoms with Gasteiger partial charge in [0.1, 0.15) is 23.2 Å². The van der Waals surface area contributed by atoms with Crippen molar-refractivity contribution in [1.82, 2.24) is 20.1 Å². The van der Waals surface area contributed by atoms with Gasteiger partial charge in [-0.15, -0.1) is 0 Å². The average molecular weight is 319 g/mol. The number of benzene rings is 1. The molecular weight excluding hydrogens is 301 g/mol. The van der Waals surface area contributed by atoms with Gasteiger partial charge in [-0.05, 0) is 31.9 Å². The van der Waals surface area contributed by atoms with E-state index in [-0.39, 0.29) is 11.8 Å². The predicted octanol–water partition coefficient (Wildman–Crippen LogP) is 2.39. The van der Waals surface area contributed by atoms with Crippen LogP contribution in [0.15, 0.2) is 18.2 Å². The van der Waals surface area contributed by atoms with E-state index in [2.05, 4.69) is 20.7 Å². The van der Waals surface area contributed by atoms with Crippen molar-refractivity contribution >= 4 is 11.7 Å². The zero-order valence-electron chi connectivity index (χ0n) is 13.0. The monoisotopic (exact) mass is 319 g/mol. The van der Waals surface area contributed by atoms with E-state index in [0.29, 0.717) is 11.5 Å². The molecule has 0 saturated heterocycles. The smallest absolute Gasteiger partial charge is 0.319 e. The van der Waals surface area contributed by atoms with E-state index in [1.165, 1.54) is 25.3 Å². The Balaban J connectivity index is 1.71. The maximum atomic E-state index is 13.2. The summed E-state index contributed by atoms with van der Waals surface area (Å²) in [5.74, 6) is 1.29. The lowest BCUT2D eigenvalue weighted by Gasteiger charge is -2.23. The highest BCUT2D eigenvalue weighted by Crippen LogP contribution is 2.26. The Bertz CT molecular complexity index is 731. The topological polar surface area (TPSA) is 81.1 Å². The van der Waals surface area contributed by atoms with Crippen LogP contribution >= 0.6 is 0 Å². The third-order valence-electron chi connectivity index (χ3n) is 3.70. The lowest BCUT2D eigenvalue weighted by molar-refractivity contribution is 0.244. The standard InChI is InChI=1S/C15H18FN5O2/c1-9-17-14-12(4-3-7-21(14)20-9)19-15(22)18-11-6-5-10(16)8-13(11)23-2/h5-6,8,12H,3-4,7H2,1-2H3,(H2,18,19,22). The number of nitrogens with one attached hydrogen (secondary N) is 2.